The molecule has 134 valence electrons. The lowest BCUT2D eigenvalue weighted by Gasteiger charge is -2.23. The molecule has 7 heteroatoms. The maximum atomic E-state index is 5.98. The summed E-state index contributed by atoms with van der Waals surface area (Å²) < 4.78 is 7.91. The molecule has 1 saturated heterocycles. The molecule has 0 spiro atoms. The minimum Gasteiger partial charge on any atom is -0.375 e. The third kappa shape index (κ3) is 4.30. The monoisotopic (exact) mass is 350 g/mol. The van der Waals surface area contributed by atoms with Crippen molar-refractivity contribution in [1.29, 1.82) is 0 Å². The number of hydrogen-bond acceptors (Lipinski definition) is 6. The summed E-state index contributed by atoms with van der Waals surface area (Å²) in [5.74, 6) is 0.658. The highest BCUT2D eigenvalue weighted by Gasteiger charge is 2.19. The van der Waals surface area contributed by atoms with E-state index in [1.54, 1.807) is 12.4 Å². The first-order valence-corrected chi connectivity index (χ1v) is 8.90. The van der Waals surface area contributed by atoms with Crippen molar-refractivity contribution < 1.29 is 4.74 Å². The number of hydrogen-bond donors (Lipinski definition) is 0. The van der Waals surface area contributed by atoms with Gasteiger partial charge in [0.1, 0.15) is 5.69 Å². The summed E-state index contributed by atoms with van der Waals surface area (Å²) in [5.41, 5.74) is 1.89. The fraction of sp³-hybridized carbons (Fsp3) is 0.368. The van der Waals surface area contributed by atoms with E-state index in [0.717, 1.165) is 50.5 Å². The molecular formula is C19H22N6O. The molecule has 1 aliphatic heterocycles. The average molecular weight is 350 g/mol. The molecule has 0 aliphatic carbocycles. The van der Waals surface area contributed by atoms with Gasteiger partial charge in [-0.2, -0.15) is 5.10 Å². The Morgan fingerprint density at radius 3 is 2.77 bits per heavy atom. The Balaban J connectivity index is 1.39. The van der Waals surface area contributed by atoms with Crippen LogP contribution < -0.4 is 0 Å². The molecule has 4 heterocycles. The van der Waals surface area contributed by atoms with Crippen LogP contribution in [0, 0.1) is 0 Å². The molecule has 0 N–H and O–H groups in total. The molecule has 0 unspecified atom stereocenters. The minimum absolute atomic E-state index is 0.145. The molecule has 3 aromatic heterocycles. The van der Waals surface area contributed by atoms with Crippen LogP contribution in [0.5, 0.6) is 0 Å². The van der Waals surface area contributed by atoms with Crippen LogP contribution in [0.3, 0.4) is 0 Å². The molecule has 0 radical (unpaired) electrons. The van der Waals surface area contributed by atoms with Crippen molar-refractivity contribution in [2.45, 2.75) is 25.6 Å². The van der Waals surface area contributed by atoms with Crippen LogP contribution in [0.2, 0.25) is 0 Å². The number of rotatable bonds is 5. The molecule has 3 aromatic rings. The zero-order valence-corrected chi connectivity index (χ0v) is 14.6. The van der Waals surface area contributed by atoms with Crippen LogP contribution >= 0.6 is 0 Å². The maximum absolute atomic E-state index is 5.98. The summed E-state index contributed by atoms with van der Waals surface area (Å²) in [6.45, 7) is 4.27. The Bertz CT molecular complexity index is 791. The van der Waals surface area contributed by atoms with Gasteiger partial charge in [-0.25, -0.2) is 9.97 Å². The van der Waals surface area contributed by atoms with Crippen LogP contribution in [0.1, 0.15) is 12.0 Å². The Hall–Kier alpha value is -2.64. The summed E-state index contributed by atoms with van der Waals surface area (Å²) in [5, 5.41) is 4.28. The second-order valence-electron chi connectivity index (χ2n) is 6.44. The maximum Gasteiger partial charge on any atom is 0.178 e. The van der Waals surface area contributed by atoms with Gasteiger partial charge in [0, 0.05) is 62.8 Å². The van der Waals surface area contributed by atoms with Gasteiger partial charge in [-0.3, -0.25) is 14.6 Å². The van der Waals surface area contributed by atoms with Crippen LogP contribution in [-0.2, 0) is 17.8 Å². The van der Waals surface area contributed by atoms with E-state index < -0.39 is 0 Å². The molecule has 0 saturated carbocycles. The molecule has 0 amide bonds. The van der Waals surface area contributed by atoms with Crippen molar-refractivity contribution in [2.24, 2.45) is 0 Å². The van der Waals surface area contributed by atoms with E-state index in [9.17, 15) is 0 Å². The summed E-state index contributed by atoms with van der Waals surface area (Å²) in [4.78, 5) is 15.6. The van der Waals surface area contributed by atoms with E-state index in [-0.39, 0.29) is 6.10 Å². The zero-order chi connectivity index (χ0) is 17.6. The lowest BCUT2D eigenvalue weighted by atomic mass is 10.2. The van der Waals surface area contributed by atoms with E-state index in [4.69, 9.17) is 4.74 Å². The standard InChI is InChI=1S/C19H22N6O/c1-2-6-20-18(5-1)19-21-11-16(12-22-19)13-24-8-4-10-26-17(14-24)15-25-9-3-7-23-25/h1-3,5-7,9,11-12,17H,4,8,10,13-15H2/t17-/m1/s1. The lowest BCUT2D eigenvalue weighted by molar-refractivity contribution is 0.0391. The van der Waals surface area contributed by atoms with Crippen LogP contribution in [0.25, 0.3) is 11.5 Å². The average Bonchev–Trinajstić information content (AvgIpc) is 3.09. The van der Waals surface area contributed by atoms with E-state index in [0.29, 0.717) is 5.82 Å². The number of nitrogens with zero attached hydrogens (tertiary/aromatic N) is 6. The van der Waals surface area contributed by atoms with Gasteiger partial charge in [-0.05, 0) is 24.6 Å². The quantitative estimate of drug-likeness (QED) is 0.701. The molecule has 0 bridgehead atoms. The van der Waals surface area contributed by atoms with Gasteiger partial charge in [-0.1, -0.05) is 6.07 Å². The molecule has 1 fully saturated rings. The fourth-order valence-electron chi connectivity index (χ4n) is 3.16. The zero-order valence-electron chi connectivity index (χ0n) is 14.6. The smallest absolute Gasteiger partial charge is 0.178 e. The van der Waals surface area contributed by atoms with Crippen molar-refractivity contribution in [3.8, 4) is 11.5 Å². The fourth-order valence-corrected chi connectivity index (χ4v) is 3.16. The van der Waals surface area contributed by atoms with E-state index in [2.05, 4.69) is 25.0 Å². The van der Waals surface area contributed by atoms with Crippen molar-refractivity contribution in [3.05, 3.63) is 60.8 Å². The summed E-state index contributed by atoms with van der Waals surface area (Å²) >= 11 is 0. The van der Waals surface area contributed by atoms with E-state index >= 15 is 0 Å². The molecule has 4 rings (SSSR count). The second-order valence-corrected chi connectivity index (χ2v) is 6.44. The highest BCUT2D eigenvalue weighted by atomic mass is 16.5. The van der Waals surface area contributed by atoms with Crippen molar-refractivity contribution in [2.75, 3.05) is 19.7 Å². The van der Waals surface area contributed by atoms with Crippen LogP contribution in [0.15, 0.2) is 55.2 Å². The largest absolute Gasteiger partial charge is 0.375 e. The summed E-state index contributed by atoms with van der Waals surface area (Å²) in [7, 11) is 0. The normalized spacial score (nSPS) is 18.5. The molecular weight excluding hydrogens is 328 g/mol. The topological polar surface area (TPSA) is 69.0 Å². The van der Waals surface area contributed by atoms with Gasteiger partial charge >= 0.3 is 0 Å². The predicted molar refractivity (Wildman–Crippen MR) is 97.1 cm³/mol. The van der Waals surface area contributed by atoms with Gasteiger partial charge in [-0.15, -0.1) is 0 Å². The second kappa shape index (κ2) is 8.16. The Kier molecular flexibility index (Phi) is 5.27. The molecule has 7 nitrogen and oxygen atoms in total. The first-order chi connectivity index (χ1) is 12.9. The van der Waals surface area contributed by atoms with Gasteiger partial charge < -0.3 is 4.74 Å². The van der Waals surface area contributed by atoms with Gasteiger partial charge in [0.2, 0.25) is 0 Å². The van der Waals surface area contributed by atoms with Crippen molar-refractivity contribution >= 4 is 0 Å². The van der Waals surface area contributed by atoms with Gasteiger partial charge in [0.15, 0.2) is 5.82 Å². The van der Waals surface area contributed by atoms with Crippen LogP contribution in [0.4, 0.5) is 0 Å². The Morgan fingerprint density at radius 2 is 2.00 bits per heavy atom. The Labute approximate surface area is 152 Å². The van der Waals surface area contributed by atoms with Crippen molar-refractivity contribution in [3.63, 3.8) is 0 Å². The third-order valence-electron chi connectivity index (χ3n) is 4.39. The summed E-state index contributed by atoms with van der Waals surface area (Å²) in [6, 6.07) is 7.69. The molecule has 0 aromatic carbocycles. The molecule has 26 heavy (non-hydrogen) atoms. The van der Waals surface area contributed by atoms with Gasteiger partial charge in [0.05, 0.1) is 12.6 Å². The van der Waals surface area contributed by atoms with Crippen LogP contribution in [-0.4, -0.2) is 55.4 Å². The highest BCUT2D eigenvalue weighted by Crippen LogP contribution is 2.14. The van der Waals surface area contributed by atoms with Crippen molar-refractivity contribution in [1.82, 2.24) is 29.6 Å². The lowest BCUT2D eigenvalue weighted by Crippen LogP contribution is -2.34. The first kappa shape index (κ1) is 16.8. The van der Waals surface area contributed by atoms with E-state index in [1.165, 1.54) is 0 Å². The minimum atomic E-state index is 0.145. The molecule has 1 aliphatic rings. The SMILES string of the molecule is c1ccc(-c2ncc(CN3CCCO[C@@H](Cn4cccn4)C3)cn2)nc1. The summed E-state index contributed by atoms with van der Waals surface area (Å²) in [6.07, 6.45) is 10.5. The van der Waals surface area contributed by atoms with E-state index in [1.807, 2.05) is 47.5 Å². The highest BCUT2D eigenvalue weighted by molar-refractivity contribution is 5.47. The number of ether oxygens (including phenoxy) is 1. The predicted octanol–water partition coefficient (Wildman–Crippen LogP) is 2.03. The molecule has 1 atom stereocenters. The number of pyridine rings is 1. The third-order valence-corrected chi connectivity index (χ3v) is 4.39. The number of aromatic nitrogens is 5. The van der Waals surface area contributed by atoms with Gasteiger partial charge in [0.25, 0.3) is 0 Å². The first-order valence-electron chi connectivity index (χ1n) is 8.90. The Morgan fingerprint density at radius 1 is 1.08 bits per heavy atom.